The van der Waals surface area contributed by atoms with E-state index in [4.69, 9.17) is 17.3 Å². The average Bonchev–Trinajstić information content (AvgIpc) is 2.93. The summed E-state index contributed by atoms with van der Waals surface area (Å²) in [6.07, 6.45) is 3.98. The molecule has 0 spiro atoms. The summed E-state index contributed by atoms with van der Waals surface area (Å²) in [6, 6.07) is 0. The van der Waals surface area contributed by atoms with Gasteiger partial charge < -0.3 is 21.1 Å². The summed E-state index contributed by atoms with van der Waals surface area (Å²) in [7, 11) is 0. The number of hydrogen-bond acceptors (Lipinski definition) is 7. The van der Waals surface area contributed by atoms with Gasteiger partial charge in [-0.05, 0) is 17.5 Å². The molecule has 2 aromatic rings. The molecular formula is C13H14ClN5O3. The van der Waals surface area contributed by atoms with Gasteiger partial charge in [0.2, 0.25) is 5.28 Å². The van der Waals surface area contributed by atoms with Crippen LogP contribution in [0.3, 0.4) is 0 Å². The van der Waals surface area contributed by atoms with Crippen LogP contribution in [0.4, 0.5) is 5.82 Å². The number of fused-ring (bicyclic) bond motifs is 2. The van der Waals surface area contributed by atoms with Gasteiger partial charge in [0.15, 0.2) is 17.2 Å². The lowest BCUT2D eigenvalue weighted by Gasteiger charge is -2.40. The highest BCUT2D eigenvalue weighted by Crippen LogP contribution is 2.57. The van der Waals surface area contributed by atoms with Crippen molar-refractivity contribution in [3.63, 3.8) is 0 Å². The van der Waals surface area contributed by atoms with E-state index >= 15 is 0 Å². The van der Waals surface area contributed by atoms with E-state index in [2.05, 4.69) is 15.0 Å². The number of nitrogen functional groups attached to an aromatic ring is 1. The molecule has 2 heterocycles. The number of rotatable bonds is 2. The van der Waals surface area contributed by atoms with Crippen molar-refractivity contribution in [3.05, 3.63) is 23.8 Å². The normalized spacial score (nSPS) is 36.5. The monoisotopic (exact) mass is 323 g/mol. The van der Waals surface area contributed by atoms with Crippen LogP contribution in [0.25, 0.3) is 11.2 Å². The fourth-order valence-corrected chi connectivity index (χ4v) is 3.73. The molecule has 0 amide bonds. The second kappa shape index (κ2) is 4.17. The van der Waals surface area contributed by atoms with Crippen LogP contribution in [0.2, 0.25) is 5.28 Å². The van der Waals surface area contributed by atoms with Crippen molar-refractivity contribution < 1.29 is 15.3 Å². The number of hydrogen-bond donors (Lipinski definition) is 4. The summed E-state index contributed by atoms with van der Waals surface area (Å²) >= 11 is 5.83. The van der Waals surface area contributed by atoms with E-state index in [0.717, 1.165) is 0 Å². The van der Waals surface area contributed by atoms with Gasteiger partial charge >= 0.3 is 0 Å². The summed E-state index contributed by atoms with van der Waals surface area (Å²) in [4.78, 5) is 12.0. The standard InChI is InChI=1S/C13H14ClN5O3/c14-11-17-8(15)7-9(18-11)19(5-16-7)13(22)3-6-1-2-12(6,4-20)10(13)21/h1-2,5-6,10,20-22H,3-4H2,(H2,15,17,18)/t6-,10-,12+,13-/m1/s1. The minimum atomic E-state index is -1.66. The molecule has 5 N–H and O–H groups in total. The summed E-state index contributed by atoms with van der Waals surface area (Å²) in [5.74, 6) is -0.0209. The number of nitrogens with two attached hydrogens (primary N) is 1. The minimum absolute atomic E-state index is 0.0687. The number of allylic oxidation sites excluding steroid dienone is 1. The molecule has 2 aromatic heterocycles. The van der Waals surface area contributed by atoms with Gasteiger partial charge in [-0.25, -0.2) is 4.98 Å². The molecule has 4 rings (SSSR count). The summed E-state index contributed by atoms with van der Waals surface area (Å²) in [5, 5.41) is 31.3. The van der Waals surface area contributed by atoms with Crippen molar-refractivity contribution in [1.29, 1.82) is 0 Å². The zero-order chi connectivity index (χ0) is 15.7. The number of nitrogens with zero attached hydrogens (tertiary/aromatic N) is 4. The SMILES string of the molecule is Nc1nc(Cl)nc2c1ncn2[C@@]1(O)C[C@H]2C=C[C@@]2(CO)[C@H]1O. The molecule has 2 aliphatic carbocycles. The lowest BCUT2D eigenvalue weighted by molar-refractivity contribution is -0.141. The van der Waals surface area contributed by atoms with Crippen LogP contribution in [0.15, 0.2) is 18.5 Å². The molecule has 1 fully saturated rings. The number of halogens is 1. The molecule has 4 atom stereocenters. The van der Waals surface area contributed by atoms with Crippen LogP contribution in [-0.2, 0) is 5.72 Å². The Labute approximate surface area is 129 Å². The van der Waals surface area contributed by atoms with Crippen LogP contribution in [-0.4, -0.2) is 47.5 Å². The number of aliphatic hydroxyl groups is 3. The van der Waals surface area contributed by atoms with Gasteiger partial charge in [0, 0.05) is 11.8 Å². The Bertz CT molecular complexity index is 808. The first-order valence-corrected chi connectivity index (χ1v) is 7.17. The Morgan fingerprint density at radius 1 is 1.45 bits per heavy atom. The summed E-state index contributed by atoms with van der Waals surface area (Å²) in [6.45, 7) is -0.248. The fraction of sp³-hybridized carbons (Fsp3) is 0.462. The third-order valence-corrected chi connectivity index (χ3v) is 5.05. The number of aliphatic hydroxyl groups excluding tert-OH is 2. The first kappa shape index (κ1) is 13.9. The third kappa shape index (κ3) is 1.45. The molecule has 0 unspecified atom stereocenters. The zero-order valence-corrected chi connectivity index (χ0v) is 12.1. The van der Waals surface area contributed by atoms with Gasteiger partial charge in [0.05, 0.1) is 12.9 Å². The molecule has 0 bridgehead atoms. The summed E-state index contributed by atoms with van der Waals surface area (Å²) < 4.78 is 1.36. The predicted molar refractivity (Wildman–Crippen MR) is 77.7 cm³/mol. The van der Waals surface area contributed by atoms with Crippen LogP contribution >= 0.6 is 11.6 Å². The number of aromatic nitrogens is 4. The van der Waals surface area contributed by atoms with Crippen molar-refractivity contribution >= 4 is 28.6 Å². The van der Waals surface area contributed by atoms with Gasteiger partial charge in [-0.15, -0.1) is 0 Å². The Kier molecular flexibility index (Phi) is 2.63. The summed E-state index contributed by atoms with van der Waals surface area (Å²) in [5.41, 5.74) is 3.81. The first-order valence-electron chi connectivity index (χ1n) is 6.79. The second-order valence-electron chi connectivity index (χ2n) is 5.89. The number of anilines is 1. The Morgan fingerprint density at radius 2 is 2.23 bits per heavy atom. The van der Waals surface area contributed by atoms with Gasteiger partial charge in [-0.2, -0.15) is 9.97 Å². The van der Waals surface area contributed by atoms with Crippen molar-refractivity contribution in [2.45, 2.75) is 18.2 Å². The van der Waals surface area contributed by atoms with E-state index in [1.54, 1.807) is 6.08 Å². The zero-order valence-electron chi connectivity index (χ0n) is 11.4. The fourth-order valence-electron chi connectivity index (χ4n) is 3.56. The van der Waals surface area contributed by atoms with E-state index in [1.165, 1.54) is 10.9 Å². The number of imidazole rings is 1. The van der Waals surface area contributed by atoms with E-state index in [-0.39, 0.29) is 35.7 Å². The molecule has 0 radical (unpaired) electrons. The smallest absolute Gasteiger partial charge is 0.226 e. The molecule has 0 aliphatic heterocycles. The average molecular weight is 324 g/mol. The maximum atomic E-state index is 11.1. The maximum Gasteiger partial charge on any atom is 0.226 e. The van der Waals surface area contributed by atoms with Crippen LogP contribution in [0.1, 0.15) is 6.42 Å². The Hall–Kier alpha value is -1.74. The van der Waals surface area contributed by atoms with Crippen LogP contribution in [0, 0.1) is 11.3 Å². The van der Waals surface area contributed by atoms with E-state index in [0.29, 0.717) is 5.52 Å². The maximum absolute atomic E-state index is 11.1. The molecule has 8 nitrogen and oxygen atoms in total. The van der Waals surface area contributed by atoms with Gasteiger partial charge in [-0.1, -0.05) is 12.2 Å². The van der Waals surface area contributed by atoms with Crippen LogP contribution < -0.4 is 5.73 Å². The van der Waals surface area contributed by atoms with Gasteiger partial charge in [0.25, 0.3) is 0 Å². The molecule has 0 aromatic carbocycles. The largest absolute Gasteiger partial charge is 0.395 e. The van der Waals surface area contributed by atoms with Crippen molar-refractivity contribution in [2.75, 3.05) is 12.3 Å². The molecule has 116 valence electrons. The van der Waals surface area contributed by atoms with E-state index < -0.39 is 17.2 Å². The molecule has 0 saturated heterocycles. The first-order chi connectivity index (χ1) is 10.4. The van der Waals surface area contributed by atoms with Crippen LogP contribution in [0.5, 0.6) is 0 Å². The molecule has 1 saturated carbocycles. The van der Waals surface area contributed by atoms with Crippen molar-refractivity contribution in [2.24, 2.45) is 11.3 Å². The lowest BCUT2D eigenvalue weighted by atomic mass is 9.68. The van der Waals surface area contributed by atoms with Gasteiger partial charge in [0.1, 0.15) is 11.6 Å². The Morgan fingerprint density at radius 3 is 2.82 bits per heavy atom. The van der Waals surface area contributed by atoms with Gasteiger partial charge in [-0.3, -0.25) is 4.57 Å². The predicted octanol–water partition coefficient (Wildman–Crippen LogP) is -0.364. The topological polar surface area (TPSA) is 130 Å². The highest BCUT2D eigenvalue weighted by molar-refractivity contribution is 6.28. The minimum Gasteiger partial charge on any atom is -0.395 e. The Balaban J connectivity index is 1.89. The van der Waals surface area contributed by atoms with Crippen molar-refractivity contribution in [1.82, 2.24) is 19.5 Å². The van der Waals surface area contributed by atoms with E-state index in [1.807, 2.05) is 6.08 Å². The molecule has 2 aliphatic rings. The second-order valence-corrected chi connectivity index (χ2v) is 6.22. The molecule has 9 heteroatoms. The molecular weight excluding hydrogens is 310 g/mol. The highest BCUT2D eigenvalue weighted by Gasteiger charge is 2.64. The molecule has 22 heavy (non-hydrogen) atoms. The third-order valence-electron chi connectivity index (χ3n) is 4.88. The van der Waals surface area contributed by atoms with E-state index in [9.17, 15) is 15.3 Å². The quantitative estimate of drug-likeness (QED) is 0.438. The lowest BCUT2D eigenvalue weighted by Crippen LogP contribution is -2.49. The highest BCUT2D eigenvalue weighted by atomic mass is 35.5. The van der Waals surface area contributed by atoms with Crippen molar-refractivity contribution in [3.8, 4) is 0 Å².